The summed E-state index contributed by atoms with van der Waals surface area (Å²) in [5, 5.41) is 7.84. The van der Waals surface area contributed by atoms with E-state index in [-0.39, 0.29) is 4.75 Å². The Morgan fingerprint density at radius 3 is 2.48 bits per heavy atom. The zero-order valence-electron chi connectivity index (χ0n) is 15.8. The van der Waals surface area contributed by atoms with Crippen LogP contribution in [0, 0.1) is 0 Å². The highest BCUT2D eigenvalue weighted by Crippen LogP contribution is 2.19. The van der Waals surface area contributed by atoms with Crippen LogP contribution in [0.2, 0.25) is 5.02 Å². The second-order valence-electron chi connectivity index (χ2n) is 7.21. The predicted octanol–water partition coefficient (Wildman–Crippen LogP) is 3.61. The average molecular weight is 383 g/mol. The first kappa shape index (κ1) is 20.4. The van der Waals surface area contributed by atoms with E-state index in [1.807, 2.05) is 30.9 Å². The number of hydrogen-bond donors (Lipinski definition) is 2. The number of guanidine groups is 1. The zero-order chi connectivity index (χ0) is 18.3. The van der Waals surface area contributed by atoms with Crippen LogP contribution in [-0.4, -0.2) is 54.6 Å². The lowest BCUT2D eigenvalue weighted by Gasteiger charge is -2.33. The zero-order valence-corrected chi connectivity index (χ0v) is 17.4. The minimum atomic E-state index is 0.208. The molecule has 2 rings (SSSR count). The lowest BCUT2D eigenvalue weighted by molar-refractivity contribution is 0.198. The highest BCUT2D eigenvalue weighted by atomic mass is 35.5. The first-order valence-corrected chi connectivity index (χ1v) is 10.5. The molecule has 0 radical (unpaired) electrons. The molecular weight excluding hydrogens is 352 g/mol. The lowest BCUT2D eigenvalue weighted by Crippen LogP contribution is -2.50. The van der Waals surface area contributed by atoms with Crippen molar-refractivity contribution in [2.75, 3.05) is 32.9 Å². The third-order valence-corrected chi connectivity index (χ3v) is 6.21. The van der Waals surface area contributed by atoms with E-state index in [9.17, 15) is 0 Å². The number of likely N-dealkylation sites (tertiary alicyclic amines) is 1. The van der Waals surface area contributed by atoms with Gasteiger partial charge in [-0.15, -0.1) is 0 Å². The first-order valence-electron chi connectivity index (χ1n) is 8.91. The normalized spacial score (nSPS) is 17.6. The van der Waals surface area contributed by atoms with E-state index in [2.05, 4.69) is 52.8 Å². The van der Waals surface area contributed by atoms with Gasteiger partial charge in [-0.25, -0.2) is 0 Å². The fraction of sp³-hybridized carbons (Fsp3) is 0.632. The van der Waals surface area contributed by atoms with Crippen LogP contribution < -0.4 is 10.6 Å². The van der Waals surface area contributed by atoms with Crippen LogP contribution in [0.1, 0.15) is 32.3 Å². The molecule has 2 N–H and O–H groups in total. The van der Waals surface area contributed by atoms with Crippen LogP contribution >= 0.6 is 23.4 Å². The van der Waals surface area contributed by atoms with Gasteiger partial charge >= 0.3 is 0 Å². The summed E-state index contributed by atoms with van der Waals surface area (Å²) < 4.78 is 0.208. The maximum Gasteiger partial charge on any atom is 0.191 e. The smallest absolute Gasteiger partial charge is 0.191 e. The van der Waals surface area contributed by atoms with Gasteiger partial charge in [0.05, 0.1) is 0 Å². The molecule has 1 aromatic rings. The van der Waals surface area contributed by atoms with Crippen LogP contribution in [0.4, 0.5) is 0 Å². The summed E-state index contributed by atoms with van der Waals surface area (Å²) in [6.07, 6.45) is 4.43. The summed E-state index contributed by atoms with van der Waals surface area (Å²) >= 11 is 7.83. The molecule has 0 aromatic heterocycles. The van der Waals surface area contributed by atoms with E-state index < -0.39 is 0 Å². The maximum absolute atomic E-state index is 5.96. The van der Waals surface area contributed by atoms with E-state index in [1.165, 1.54) is 5.56 Å². The summed E-state index contributed by atoms with van der Waals surface area (Å²) in [6.45, 7) is 8.60. The van der Waals surface area contributed by atoms with Crippen LogP contribution in [-0.2, 0) is 6.54 Å². The Morgan fingerprint density at radius 2 is 1.92 bits per heavy atom. The van der Waals surface area contributed by atoms with Crippen molar-refractivity contribution in [2.24, 2.45) is 4.99 Å². The van der Waals surface area contributed by atoms with Crippen LogP contribution in [0.5, 0.6) is 0 Å². The van der Waals surface area contributed by atoms with E-state index >= 15 is 0 Å². The van der Waals surface area contributed by atoms with Crippen LogP contribution in [0.25, 0.3) is 0 Å². The predicted molar refractivity (Wildman–Crippen MR) is 112 cm³/mol. The van der Waals surface area contributed by atoms with Gasteiger partial charge in [0.25, 0.3) is 0 Å². The summed E-state index contributed by atoms with van der Waals surface area (Å²) in [5.74, 6) is 0.915. The van der Waals surface area contributed by atoms with Gasteiger partial charge < -0.3 is 10.6 Å². The van der Waals surface area contributed by atoms with Gasteiger partial charge in [0, 0.05) is 49.0 Å². The molecule has 0 aliphatic carbocycles. The lowest BCUT2D eigenvalue weighted by atomic mass is 10.0. The molecule has 1 aliphatic heterocycles. The van der Waals surface area contributed by atoms with Crippen molar-refractivity contribution in [3.8, 4) is 0 Å². The number of nitrogens with zero attached hydrogens (tertiary/aromatic N) is 2. The summed E-state index contributed by atoms with van der Waals surface area (Å²) in [5.41, 5.74) is 1.33. The Morgan fingerprint density at radius 1 is 1.28 bits per heavy atom. The van der Waals surface area contributed by atoms with Gasteiger partial charge in [-0.3, -0.25) is 9.89 Å². The quantitative estimate of drug-likeness (QED) is 0.582. The standard InChI is InChI=1S/C19H31ClN4S/c1-19(2,25-4)14-22-18(21-3)23-17-9-11-24(12-10-17)13-15-5-7-16(20)8-6-15/h5-8,17H,9-14H2,1-4H3,(H2,21,22,23). The number of piperidine rings is 1. The Labute approximate surface area is 161 Å². The number of thioether (sulfide) groups is 1. The van der Waals surface area contributed by atoms with Crippen LogP contribution in [0.15, 0.2) is 29.3 Å². The molecule has 4 nitrogen and oxygen atoms in total. The Bertz CT molecular complexity index is 551. The fourth-order valence-electron chi connectivity index (χ4n) is 2.84. The van der Waals surface area contributed by atoms with Crippen molar-refractivity contribution in [1.29, 1.82) is 0 Å². The summed E-state index contributed by atoms with van der Waals surface area (Å²) in [4.78, 5) is 6.88. The second-order valence-corrected chi connectivity index (χ2v) is 9.16. The second kappa shape index (κ2) is 9.70. The highest BCUT2D eigenvalue weighted by molar-refractivity contribution is 7.99. The Balaban J connectivity index is 1.74. The minimum Gasteiger partial charge on any atom is -0.355 e. The SMILES string of the molecule is CN=C(NCC(C)(C)SC)NC1CCN(Cc2ccc(Cl)cc2)CC1. The molecule has 0 atom stereocenters. The van der Waals surface area contributed by atoms with Gasteiger partial charge in [0.15, 0.2) is 5.96 Å². The van der Waals surface area contributed by atoms with Gasteiger partial charge in [-0.05, 0) is 50.6 Å². The molecular formula is C19H31ClN4S. The van der Waals surface area contributed by atoms with E-state index in [0.717, 1.165) is 50.0 Å². The molecule has 0 saturated carbocycles. The molecule has 6 heteroatoms. The van der Waals surface area contributed by atoms with Crippen LogP contribution in [0.3, 0.4) is 0 Å². The van der Waals surface area contributed by atoms with E-state index in [0.29, 0.717) is 6.04 Å². The number of rotatable bonds is 6. The summed E-state index contributed by atoms with van der Waals surface area (Å²) in [7, 11) is 1.84. The van der Waals surface area contributed by atoms with Crippen molar-refractivity contribution in [3.63, 3.8) is 0 Å². The third kappa shape index (κ3) is 7.08. The molecule has 1 aliphatic rings. The van der Waals surface area contributed by atoms with E-state index in [1.54, 1.807) is 0 Å². The minimum absolute atomic E-state index is 0.208. The van der Waals surface area contributed by atoms with Gasteiger partial charge in [-0.1, -0.05) is 23.7 Å². The topological polar surface area (TPSA) is 39.7 Å². The molecule has 1 heterocycles. The number of hydrogen-bond acceptors (Lipinski definition) is 3. The third-order valence-electron chi connectivity index (χ3n) is 4.71. The number of benzene rings is 1. The number of aliphatic imine (C=N–C) groups is 1. The highest BCUT2D eigenvalue weighted by Gasteiger charge is 2.21. The molecule has 1 aromatic carbocycles. The van der Waals surface area contributed by atoms with Gasteiger partial charge in [-0.2, -0.15) is 11.8 Å². The molecule has 1 fully saturated rings. The first-order chi connectivity index (χ1) is 11.9. The van der Waals surface area contributed by atoms with Crippen molar-refractivity contribution in [3.05, 3.63) is 34.9 Å². The van der Waals surface area contributed by atoms with Gasteiger partial charge in [0.1, 0.15) is 0 Å². The Kier molecular flexibility index (Phi) is 7.91. The average Bonchev–Trinajstić information content (AvgIpc) is 2.62. The fourth-order valence-corrected chi connectivity index (χ4v) is 3.18. The number of nitrogens with one attached hydrogen (secondary N) is 2. The number of halogens is 1. The molecule has 1 saturated heterocycles. The molecule has 0 amide bonds. The molecule has 25 heavy (non-hydrogen) atoms. The van der Waals surface area contributed by atoms with Crippen molar-refractivity contribution in [2.45, 2.75) is 44.0 Å². The monoisotopic (exact) mass is 382 g/mol. The summed E-state index contributed by atoms with van der Waals surface area (Å²) in [6, 6.07) is 8.66. The Hall–Kier alpha value is -0.910. The van der Waals surface area contributed by atoms with Crippen molar-refractivity contribution >= 4 is 29.3 Å². The van der Waals surface area contributed by atoms with Crippen molar-refractivity contribution in [1.82, 2.24) is 15.5 Å². The molecule has 0 unspecified atom stereocenters. The maximum atomic E-state index is 5.96. The molecule has 140 valence electrons. The molecule has 0 bridgehead atoms. The van der Waals surface area contributed by atoms with Crippen molar-refractivity contribution < 1.29 is 0 Å². The largest absolute Gasteiger partial charge is 0.355 e. The molecule has 0 spiro atoms. The van der Waals surface area contributed by atoms with Gasteiger partial charge in [0.2, 0.25) is 0 Å². The van der Waals surface area contributed by atoms with E-state index in [4.69, 9.17) is 11.6 Å².